The second-order valence-electron chi connectivity index (χ2n) is 9.85. The molecular formula is C30H34O6. The summed E-state index contributed by atoms with van der Waals surface area (Å²) in [7, 11) is 0. The van der Waals surface area contributed by atoms with Gasteiger partial charge in [0.25, 0.3) is 0 Å². The van der Waals surface area contributed by atoms with Gasteiger partial charge in [0.15, 0.2) is 17.3 Å². The van der Waals surface area contributed by atoms with E-state index in [4.69, 9.17) is 4.74 Å². The minimum atomic E-state index is -0.740. The van der Waals surface area contributed by atoms with Crippen LogP contribution >= 0.6 is 0 Å². The highest BCUT2D eigenvalue weighted by Crippen LogP contribution is 2.47. The van der Waals surface area contributed by atoms with Crippen LogP contribution in [0.4, 0.5) is 0 Å². The fraction of sp³-hybridized carbons (Fsp3) is 0.300. The van der Waals surface area contributed by atoms with E-state index in [1.165, 1.54) is 29.9 Å². The summed E-state index contributed by atoms with van der Waals surface area (Å²) in [6.45, 7) is 9.73. The third-order valence-corrected chi connectivity index (χ3v) is 5.97. The van der Waals surface area contributed by atoms with Gasteiger partial charge in [0.2, 0.25) is 0 Å². The van der Waals surface area contributed by atoms with Gasteiger partial charge in [-0.05, 0) is 89.8 Å². The number of carbonyl (C=O) groups excluding carboxylic acids is 1. The van der Waals surface area contributed by atoms with Gasteiger partial charge in [-0.1, -0.05) is 35.4 Å². The van der Waals surface area contributed by atoms with Crippen LogP contribution in [0.3, 0.4) is 0 Å². The average molecular weight is 491 g/mol. The van der Waals surface area contributed by atoms with Crippen LogP contribution in [-0.4, -0.2) is 31.8 Å². The molecule has 0 radical (unpaired) electrons. The number of hydrogen-bond donors (Lipinski definition) is 4. The Bertz CT molecular complexity index is 1290. The zero-order valence-electron chi connectivity index (χ0n) is 21.4. The maximum atomic E-state index is 13.3. The predicted octanol–water partition coefficient (Wildman–Crippen LogP) is 6.82. The SMILES string of the molecule is CC(C)=CCC/C(C)=C/Cc1c(O)c2c(c(C(=O)/C=C/c3ccc(O)c(O)c3)c1O)OC(C)(C)C=C2. The van der Waals surface area contributed by atoms with E-state index >= 15 is 0 Å². The Balaban J connectivity index is 2.03. The monoisotopic (exact) mass is 490 g/mol. The van der Waals surface area contributed by atoms with Gasteiger partial charge in [-0.3, -0.25) is 4.79 Å². The highest BCUT2D eigenvalue weighted by Gasteiger charge is 2.32. The Morgan fingerprint density at radius 3 is 2.39 bits per heavy atom. The quantitative estimate of drug-likeness (QED) is 0.140. The molecule has 0 spiro atoms. The molecule has 0 amide bonds. The number of phenols is 4. The Labute approximate surface area is 212 Å². The van der Waals surface area contributed by atoms with Crippen molar-refractivity contribution in [1.82, 2.24) is 0 Å². The topological polar surface area (TPSA) is 107 Å². The Hall–Kier alpha value is -3.93. The molecule has 0 saturated heterocycles. The molecule has 6 heteroatoms. The Morgan fingerprint density at radius 2 is 1.72 bits per heavy atom. The summed E-state index contributed by atoms with van der Waals surface area (Å²) in [5, 5.41) is 41.4. The molecule has 0 saturated carbocycles. The summed E-state index contributed by atoms with van der Waals surface area (Å²) in [5.41, 5.74) is 2.67. The molecule has 0 aliphatic carbocycles. The molecule has 2 aromatic rings. The van der Waals surface area contributed by atoms with Gasteiger partial charge in [0.05, 0.1) is 5.56 Å². The van der Waals surface area contributed by atoms with E-state index in [0.717, 1.165) is 18.4 Å². The molecule has 0 fully saturated rings. The average Bonchev–Trinajstić information content (AvgIpc) is 2.78. The van der Waals surface area contributed by atoms with E-state index in [0.29, 0.717) is 11.1 Å². The van der Waals surface area contributed by atoms with Gasteiger partial charge in [0.1, 0.15) is 28.4 Å². The summed E-state index contributed by atoms with van der Waals surface area (Å²) in [5.74, 6) is -1.42. The molecule has 0 atom stereocenters. The van der Waals surface area contributed by atoms with Crippen molar-refractivity contribution in [2.75, 3.05) is 0 Å². The highest BCUT2D eigenvalue weighted by molar-refractivity contribution is 6.12. The third-order valence-electron chi connectivity index (χ3n) is 5.97. The van der Waals surface area contributed by atoms with Crippen LogP contribution in [0.25, 0.3) is 12.2 Å². The molecule has 1 heterocycles. The molecule has 0 unspecified atom stereocenters. The summed E-state index contributed by atoms with van der Waals surface area (Å²) < 4.78 is 6.02. The zero-order valence-corrected chi connectivity index (χ0v) is 21.4. The summed E-state index contributed by atoms with van der Waals surface area (Å²) in [4.78, 5) is 13.3. The standard InChI is InChI=1S/C30H34O6/c1-18(2)7-6-8-19(3)9-12-21-27(34)22-15-16-30(4,5)36-29(22)26(28(21)35)24(32)14-11-20-10-13-23(31)25(33)17-20/h7,9-11,13-17,31,33-35H,6,8,12H2,1-5H3/b14-11+,19-9+. The molecule has 36 heavy (non-hydrogen) atoms. The molecule has 0 aromatic heterocycles. The minimum Gasteiger partial charge on any atom is -0.507 e. The van der Waals surface area contributed by atoms with E-state index < -0.39 is 11.4 Å². The van der Waals surface area contributed by atoms with Crippen LogP contribution in [0.2, 0.25) is 0 Å². The van der Waals surface area contributed by atoms with Gasteiger partial charge in [-0.2, -0.15) is 0 Å². The van der Waals surface area contributed by atoms with Crippen molar-refractivity contribution in [3.63, 3.8) is 0 Å². The number of hydrogen-bond acceptors (Lipinski definition) is 6. The fourth-order valence-corrected chi connectivity index (χ4v) is 3.91. The van der Waals surface area contributed by atoms with E-state index in [2.05, 4.69) is 19.9 Å². The maximum absolute atomic E-state index is 13.3. The third kappa shape index (κ3) is 6.19. The molecule has 6 nitrogen and oxygen atoms in total. The lowest BCUT2D eigenvalue weighted by Gasteiger charge is -2.30. The molecule has 2 aromatic carbocycles. The summed E-state index contributed by atoms with van der Waals surface area (Å²) in [6.07, 6.45) is 12.3. The van der Waals surface area contributed by atoms with Crippen molar-refractivity contribution < 1.29 is 30.0 Å². The fourth-order valence-electron chi connectivity index (χ4n) is 3.91. The first-order valence-corrected chi connectivity index (χ1v) is 11.9. The molecular weight excluding hydrogens is 456 g/mol. The number of carbonyl (C=O) groups is 1. The van der Waals surface area contributed by atoms with Crippen molar-refractivity contribution >= 4 is 17.9 Å². The second kappa shape index (κ2) is 10.8. The first-order chi connectivity index (χ1) is 16.9. The predicted molar refractivity (Wildman–Crippen MR) is 143 cm³/mol. The van der Waals surface area contributed by atoms with Crippen molar-refractivity contribution in [2.24, 2.45) is 0 Å². The number of aromatic hydroxyl groups is 4. The van der Waals surface area contributed by atoms with Crippen LogP contribution in [0, 0.1) is 0 Å². The molecule has 3 rings (SSSR count). The van der Waals surface area contributed by atoms with E-state index in [-0.39, 0.29) is 46.3 Å². The molecule has 1 aliphatic rings. The number of rotatable bonds is 8. The van der Waals surface area contributed by atoms with Crippen LogP contribution < -0.4 is 4.74 Å². The first kappa shape index (κ1) is 26.7. The largest absolute Gasteiger partial charge is 0.507 e. The van der Waals surface area contributed by atoms with Crippen molar-refractivity contribution in [3.05, 3.63) is 75.9 Å². The normalized spacial score (nSPS) is 14.4. The minimum absolute atomic E-state index is 0.0370. The Morgan fingerprint density at radius 1 is 1.00 bits per heavy atom. The molecule has 1 aliphatic heterocycles. The second-order valence-corrected chi connectivity index (χ2v) is 9.85. The molecule has 0 bridgehead atoms. The lowest BCUT2D eigenvalue weighted by atomic mass is 9.91. The lowest BCUT2D eigenvalue weighted by Crippen LogP contribution is -2.28. The first-order valence-electron chi connectivity index (χ1n) is 11.9. The molecule has 190 valence electrons. The number of allylic oxidation sites excluding steroid dienone is 5. The lowest BCUT2D eigenvalue weighted by molar-refractivity contribution is 0.103. The number of benzene rings is 2. The highest BCUT2D eigenvalue weighted by atomic mass is 16.5. The van der Waals surface area contributed by atoms with Crippen molar-refractivity contribution in [1.29, 1.82) is 0 Å². The van der Waals surface area contributed by atoms with Crippen LogP contribution in [0.5, 0.6) is 28.7 Å². The summed E-state index contributed by atoms with van der Waals surface area (Å²) >= 11 is 0. The van der Waals surface area contributed by atoms with Crippen LogP contribution in [0.1, 0.15) is 74.5 Å². The zero-order chi connectivity index (χ0) is 26.6. The number of fused-ring (bicyclic) bond motifs is 1. The van der Waals surface area contributed by atoms with Crippen molar-refractivity contribution in [3.8, 4) is 28.7 Å². The maximum Gasteiger partial charge on any atom is 0.193 e. The smallest absolute Gasteiger partial charge is 0.193 e. The number of ether oxygens (including phenoxy) is 1. The van der Waals surface area contributed by atoms with Gasteiger partial charge >= 0.3 is 0 Å². The van der Waals surface area contributed by atoms with E-state index in [1.807, 2.05) is 26.8 Å². The number of phenolic OH excluding ortho intramolecular Hbond substituents is 4. The van der Waals surface area contributed by atoms with Crippen LogP contribution in [0.15, 0.2) is 53.6 Å². The van der Waals surface area contributed by atoms with Crippen LogP contribution in [-0.2, 0) is 6.42 Å². The van der Waals surface area contributed by atoms with E-state index in [1.54, 1.807) is 18.2 Å². The van der Waals surface area contributed by atoms with Gasteiger partial charge in [0, 0.05) is 5.56 Å². The molecule has 4 N–H and O–H groups in total. The summed E-state index contributed by atoms with van der Waals surface area (Å²) in [6, 6.07) is 4.18. The number of ketones is 1. The van der Waals surface area contributed by atoms with Crippen molar-refractivity contribution in [2.45, 2.75) is 59.5 Å². The Kier molecular flexibility index (Phi) is 7.98. The van der Waals surface area contributed by atoms with Gasteiger partial charge in [-0.25, -0.2) is 0 Å². The van der Waals surface area contributed by atoms with E-state index in [9.17, 15) is 25.2 Å². The van der Waals surface area contributed by atoms with Gasteiger partial charge in [-0.15, -0.1) is 0 Å². The van der Waals surface area contributed by atoms with Gasteiger partial charge < -0.3 is 25.2 Å².